The van der Waals surface area contributed by atoms with Gasteiger partial charge in [-0.1, -0.05) is 32.6 Å². The molecule has 0 bridgehead atoms. The Labute approximate surface area is 69.3 Å². The monoisotopic (exact) mass is 151 g/mol. The molecule has 0 aliphatic carbocycles. The highest BCUT2D eigenvalue weighted by Crippen LogP contribution is 2.11. The smallest absolute Gasteiger partial charge is 0.00517 e. The molecular formula is C10H17N. The molecule has 0 aliphatic heterocycles. The first-order valence-corrected chi connectivity index (χ1v) is 3.84. The molecule has 0 radical (unpaired) electrons. The molecule has 0 saturated heterocycles. The van der Waals surface area contributed by atoms with Crippen LogP contribution in [0.25, 0.3) is 0 Å². The maximum absolute atomic E-state index is 5.55. The van der Waals surface area contributed by atoms with E-state index in [1.807, 2.05) is 19.1 Å². The number of allylic oxidation sites excluding steroid dienone is 5. The maximum atomic E-state index is 5.55. The molecule has 0 amide bonds. The van der Waals surface area contributed by atoms with E-state index in [1.165, 1.54) is 5.57 Å². The number of rotatable bonds is 3. The Kier molecular flexibility index (Phi) is 4.35. The van der Waals surface area contributed by atoms with Gasteiger partial charge in [0.15, 0.2) is 0 Å². The van der Waals surface area contributed by atoms with Gasteiger partial charge in [-0.15, -0.1) is 0 Å². The quantitative estimate of drug-likeness (QED) is 0.616. The predicted molar refractivity (Wildman–Crippen MR) is 51.1 cm³/mol. The van der Waals surface area contributed by atoms with E-state index in [-0.39, 0.29) is 0 Å². The second-order valence-corrected chi connectivity index (χ2v) is 2.95. The van der Waals surface area contributed by atoms with Crippen LogP contribution in [0.3, 0.4) is 0 Å². The first kappa shape index (κ1) is 10.0. The minimum atomic E-state index is 0.506. The summed E-state index contributed by atoms with van der Waals surface area (Å²) in [6.45, 7) is 9.80. The van der Waals surface area contributed by atoms with E-state index in [1.54, 1.807) is 6.08 Å². The zero-order valence-electron chi connectivity index (χ0n) is 7.59. The molecule has 0 heterocycles. The molecule has 1 nitrogen and oxygen atoms in total. The summed E-state index contributed by atoms with van der Waals surface area (Å²) in [5.74, 6) is 0.506. The van der Waals surface area contributed by atoms with E-state index in [4.69, 9.17) is 5.73 Å². The standard InChI is InChI=1S/C10H17N/c1-5-6-10(8(2)3)7-9(4)11/h5-8H,1,11H2,2-4H3/b9-7+,10-6+. The van der Waals surface area contributed by atoms with Crippen molar-refractivity contribution in [2.24, 2.45) is 11.7 Å². The van der Waals surface area contributed by atoms with E-state index in [2.05, 4.69) is 20.4 Å². The first-order valence-electron chi connectivity index (χ1n) is 3.84. The lowest BCUT2D eigenvalue weighted by molar-refractivity contribution is 0.789. The summed E-state index contributed by atoms with van der Waals surface area (Å²) < 4.78 is 0. The Balaban J connectivity index is 4.49. The van der Waals surface area contributed by atoms with Gasteiger partial charge < -0.3 is 5.73 Å². The van der Waals surface area contributed by atoms with E-state index in [0.29, 0.717) is 5.92 Å². The Bertz CT molecular complexity index is 181. The molecule has 2 N–H and O–H groups in total. The fourth-order valence-electron chi connectivity index (χ4n) is 0.806. The van der Waals surface area contributed by atoms with Crippen LogP contribution in [0.5, 0.6) is 0 Å². The van der Waals surface area contributed by atoms with E-state index < -0.39 is 0 Å². The van der Waals surface area contributed by atoms with Gasteiger partial charge in [-0.3, -0.25) is 0 Å². The number of hydrogen-bond acceptors (Lipinski definition) is 1. The zero-order chi connectivity index (χ0) is 8.85. The summed E-state index contributed by atoms with van der Waals surface area (Å²) in [5.41, 5.74) is 7.61. The predicted octanol–water partition coefficient (Wildman–Crippen LogP) is 2.62. The first-order chi connectivity index (χ1) is 5.07. The molecule has 0 atom stereocenters. The minimum Gasteiger partial charge on any atom is -0.402 e. The van der Waals surface area contributed by atoms with Gasteiger partial charge in [-0.25, -0.2) is 0 Å². The van der Waals surface area contributed by atoms with Gasteiger partial charge in [-0.2, -0.15) is 0 Å². The molecule has 0 aromatic carbocycles. The molecule has 0 aromatic rings. The van der Waals surface area contributed by atoms with E-state index in [0.717, 1.165) is 5.70 Å². The van der Waals surface area contributed by atoms with Crippen LogP contribution in [0.1, 0.15) is 20.8 Å². The van der Waals surface area contributed by atoms with Crippen LogP contribution in [0, 0.1) is 5.92 Å². The second kappa shape index (κ2) is 4.78. The van der Waals surface area contributed by atoms with Gasteiger partial charge >= 0.3 is 0 Å². The fourth-order valence-corrected chi connectivity index (χ4v) is 0.806. The van der Waals surface area contributed by atoms with Crippen LogP contribution in [-0.2, 0) is 0 Å². The average molecular weight is 151 g/mol. The topological polar surface area (TPSA) is 26.0 Å². The molecule has 0 fully saturated rings. The van der Waals surface area contributed by atoms with Crippen molar-refractivity contribution < 1.29 is 0 Å². The van der Waals surface area contributed by atoms with Crippen LogP contribution in [-0.4, -0.2) is 0 Å². The summed E-state index contributed by atoms with van der Waals surface area (Å²) in [5, 5.41) is 0. The average Bonchev–Trinajstić information content (AvgIpc) is 1.86. The Morgan fingerprint density at radius 2 is 2.00 bits per heavy atom. The van der Waals surface area contributed by atoms with Gasteiger partial charge in [-0.05, 0) is 24.5 Å². The van der Waals surface area contributed by atoms with Crippen molar-refractivity contribution in [2.75, 3.05) is 0 Å². The van der Waals surface area contributed by atoms with Gasteiger partial charge in [0.05, 0.1) is 0 Å². The fraction of sp³-hybridized carbons (Fsp3) is 0.400. The van der Waals surface area contributed by atoms with Crippen LogP contribution >= 0.6 is 0 Å². The largest absolute Gasteiger partial charge is 0.402 e. The molecule has 0 spiro atoms. The zero-order valence-corrected chi connectivity index (χ0v) is 7.59. The molecule has 0 unspecified atom stereocenters. The van der Waals surface area contributed by atoms with Crippen LogP contribution in [0.15, 0.2) is 36.1 Å². The van der Waals surface area contributed by atoms with Crippen molar-refractivity contribution >= 4 is 0 Å². The van der Waals surface area contributed by atoms with Crippen molar-refractivity contribution in [3.63, 3.8) is 0 Å². The molecule has 0 aromatic heterocycles. The van der Waals surface area contributed by atoms with Crippen molar-refractivity contribution in [1.82, 2.24) is 0 Å². The van der Waals surface area contributed by atoms with Crippen molar-refractivity contribution in [1.29, 1.82) is 0 Å². The molecule has 0 saturated carbocycles. The van der Waals surface area contributed by atoms with Crippen molar-refractivity contribution in [2.45, 2.75) is 20.8 Å². The third kappa shape index (κ3) is 4.43. The normalized spacial score (nSPS) is 13.8. The molecule has 0 rings (SSSR count). The third-order valence-electron chi connectivity index (χ3n) is 1.37. The van der Waals surface area contributed by atoms with Crippen molar-refractivity contribution in [3.05, 3.63) is 36.1 Å². The Morgan fingerprint density at radius 3 is 2.27 bits per heavy atom. The summed E-state index contributed by atoms with van der Waals surface area (Å²) in [6, 6.07) is 0. The van der Waals surface area contributed by atoms with Crippen LogP contribution in [0.4, 0.5) is 0 Å². The highest BCUT2D eigenvalue weighted by atomic mass is 14.5. The van der Waals surface area contributed by atoms with E-state index >= 15 is 0 Å². The summed E-state index contributed by atoms with van der Waals surface area (Å²) in [7, 11) is 0. The Hall–Kier alpha value is -0.980. The van der Waals surface area contributed by atoms with Crippen LogP contribution in [0.2, 0.25) is 0 Å². The summed E-state index contributed by atoms with van der Waals surface area (Å²) in [6.07, 6.45) is 5.75. The minimum absolute atomic E-state index is 0.506. The molecular weight excluding hydrogens is 134 g/mol. The molecule has 1 heteroatoms. The number of nitrogens with two attached hydrogens (primary N) is 1. The van der Waals surface area contributed by atoms with E-state index in [9.17, 15) is 0 Å². The lowest BCUT2D eigenvalue weighted by Gasteiger charge is -2.05. The SMILES string of the molecule is C=C/C=C(\C=C(/C)N)C(C)C. The second-order valence-electron chi connectivity index (χ2n) is 2.95. The highest BCUT2D eigenvalue weighted by Gasteiger charge is 1.97. The van der Waals surface area contributed by atoms with Gasteiger partial charge in [0.2, 0.25) is 0 Å². The number of hydrogen-bond donors (Lipinski definition) is 1. The highest BCUT2D eigenvalue weighted by molar-refractivity contribution is 5.26. The van der Waals surface area contributed by atoms with Gasteiger partial charge in [0.25, 0.3) is 0 Å². The van der Waals surface area contributed by atoms with Crippen molar-refractivity contribution in [3.8, 4) is 0 Å². The van der Waals surface area contributed by atoms with Gasteiger partial charge in [0.1, 0.15) is 0 Å². The summed E-state index contributed by atoms with van der Waals surface area (Å²) >= 11 is 0. The lowest BCUT2D eigenvalue weighted by atomic mass is 10.0. The third-order valence-corrected chi connectivity index (χ3v) is 1.37. The summed E-state index contributed by atoms with van der Waals surface area (Å²) in [4.78, 5) is 0. The maximum Gasteiger partial charge on any atom is 0.00517 e. The molecule has 62 valence electrons. The Morgan fingerprint density at radius 1 is 1.45 bits per heavy atom. The van der Waals surface area contributed by atoms with Gasteiger partial charge in [0, 0.05) is 5.70 Å². The molecule has 11 heavy (non-hydrogen) atoms. The van der Waals surface area contributed by atoms with Crippen LogP contribution < -0.4 is 5.73 Å². The molecule has 0 aliphatic rings. The lowest BCUT2D eigenvalue weighted by Crippen LogP contribution is -1.96.